The van der Waals surface area contributed by atoms with Gasteiger partial charge in [0.05, 0.1) is 13.2 Å². The Morgan fingerprint density at radius 1 is 1.18 bits per heavy atom. The molecule has 0 aromatic heterocycles. The van der Waals surface area contributed by atoms with Crippen LogP contribution >= 0.6 is 0 Å². The molecule has 120 valence electrons. The molecule has 0 saturated carbocycles. The molecule has 0 aliphatic rings. The van der Waals surface area contributed by atoms with Gasteiger partial charge in [-0.05, 0) is 42.7 Å². The monoisotopic (exact) mass is 304 g/mol. The summed E-state index contributed by atoms with van der Waals surface area (Å²) in [5.74, 6) is 0.194. The minimum atomic E-state index is -0.281. The van der Waals surface area contributed by atoms with Crippen molar-refractivity contribution in [2.45, 2.75) is 27.7 Å². The van der Waals surface area contributed by atoms with Crippen molar-refractivity contribution in [3.05, 3.63) is 36.4 Å². The van der Waals surface area contributed by atoms with Gasteiger partial charge in [0.25, 0.3) is 0 Å². The van der Waals surface area contributed by atoms with E-state index in [0.717, 1.165) is 5.75 Å². The van der Waals surface area contributed by atoms with E-state index in [0.29, 0.717) is 12.3 Å². The quantitative estimate of drug-likeness (QED) is 0.794. The summed E-state index contributed by atoms with van der Waals surface area (Å²) >= 11 is 0. The number of ether oxygens (including phenoxy) is 1. The largest absolute Gasteiger partial charge is 0.494 e. The molecule has 22 heavy (non-hydrogen) atoms. The first kappa shape index (κ1) is 17.8. The van der Waals surface area contributed by atoms with E-state index in [9.17, 15) is 9.59 Å². The van der Waals surface area contributed by atoms with Gasteiger partial charge in [-0.3, -0.25) is 9.59 Å². The lowest BCUT2D eigenvalue weighted by Gasteiger charge is -2.11. The van der Waals surface area contributed by atoms with Crippen LogP contribution in [0.15, 0.2) is 36.4 Å². The topological polar surface area (TPSA) is 67.4 Å². The number of amides is 2. The molecule has 1 rings (SSSR count). The summed E-state index contributed by atoms with van der Waals surface area (Å²) in [5.41, 5.74) is 0.593. The second-order valence-corrected chi connectivity index (χ2v) is 5.92. The third-order valence-corrected chi connectivity index (χ3v) is 2.61. The number of rotatable bonds is 6. The van der Waals surface area contributed by atoms with Gasteiger partial charge in [0.2, 0.25) is 11.8 Å². The first-order chi connectivity index (χ1) is 10.3. The molecule has 0 bridgehead atoms. The van der Waals surface area contributed by atoms with E-state index in [2.05, 4.69) is 10.6 Å². The molecule has 0 radical (unpaired) electrons. The van der Waals surface area contributed by atoms with Crippen molar-refractivity contribution in [3.63, 3.8) is 0 Å². The van der Waals surface area contributed by atoms with Crippen LogP contribution in [-0.4, -0.2) is 25.0 Å². The lowest BCUT2D eigenvalue weighted by atomic mass is 9.96. The first-order valence-corrected chi connectivity index (χ1v) is 7.30. The molecule has 0 atom stereocenters. The Bertz CT molecular complexity index is 528. The Hall–Kier alpha value is -2.30. The molecule has 0 spiro atoms. The molecule has 5 nitrogen and oxygen atoms in total. The van der Waals surface area contributed by atoms with E-state index >= 15 is 0 Å². The van der Waals surface area contributed by atoms with Gasteiger partial charge in [0.15, 0.2) is 0 Å². The normalized spacial score (nSPS) is 11.3. The Labute approximate surface area is 131 Å². The Balaban J connectivity index is 2.40. The number of anilines is 1. The average Bonchev–Trinajstić information content (AvgIpc) is 2.44. The lowest BCUT2D eigenvalue weighted by Crippen LogP contribution is -2.31. The second kappa shape index (κ2) is 8.22. The van der Waals surface area contributed by atoms with E-state index < -0.39 is 0 Å². The maximum atomic E-state index is 11.7. The van der Waals surface area contributed by atoms with Gasteiger partial charge in [-0.1, -0.05) is 26.8 Å². The minimum absolute atomic E-state index is 0.0676. The van der Waals surface area contributed by atoms with Gasteiger partial charge < -0.3 is 15.4 Å². The van der Waals surface area contributed by atoms with Crippen molar-refractivity contribution in [3.8, 4) is 5.75 Å². The molecule has 1 aromatic rings. The standard InChI is InChI=1S/C17H24N2O3/c1-5-22-14-8-6-13(7-9-14)19-16(21)12-18-15(20)10-11-17(2,3)4/h6-11H,5,12H2,1-4H3,(H,18,20)(H,19,21). The Kier molecular flexibility index (Phi) is 6.63. The Morgan fingerprint density at radius 3 is 2.36 bits per heavy atom. The molecule has 0 saturated heterocycles. The van der Waals surface area contributed by atoms with Crippen LogP contribution in [0, 0.1) is 5.41 Å². The fourth-order valence-corrected chi connectivity index (χ4v) is 1.56. The number of carbonyl (C=O) groups excluding carboxylic acids is 2. The van der Waals surface area contributed by atoms with Crippen LogP contribution in [0.25, 0.3) is 0 Å². The fraction of sp³-hybridized carbons (Fsp3) is 0.412. The molecule has 0 heterocycles. The SMILES string of the molecule is CCOc1ccc(NC(=O)CNC(=O)C=CC(C)(C)C)cc1. The number of nitrogens with one attached hydrogen (secondary N) is 2. The maximum Gasteiger partial charge on any atom is 0.244 e. The minimum Gasteiger partial charge on any atom is -0.494 e. The summed E-state index contributed by atoms with van der Waals surface area (Å²) in [5, 5.41) is 5.25. The van der Waals surface area contributed by atoms with Crippen LogP contribution in [0.5, 0.6) is 5.75 Å². The molecule has 0 unspecified atom stereocenters. The molecule has 0 fully saturated rings. The number of carbonyl (C=O) groups is 2. The molecule has 0 aliphatic carbocycles. The van der Waals surface area contributed by atoms with E-state index in [4.69, 9.17) is 4.74 Å². The Morgan fingerprint density at radius 2 is 1.82 bits per heavy atom. The highest BCUT2D eigenvalue weighted by Gasteiger charge is 2.07. The predicted octanol–water partition coefficient (Wildman–Crippen LogP) is 2.74. The smallest absolute Gasteiger partial charge is 0.244 e. The van der Waals surface area contributed by atoms with Gasteiger partial charge in [-0.15, -0.1) is 0 Å². The molecule has 1 aromatic carbocycles. The summed E-state index contributed by atoms with van der Waals surface area (Å²) in [6.45, 7) is 8.42. The zero-order valence-electron chi connectivity index (χ0n) is 13.6. The third kappa shape index (κ3) is 7.47. The van der Waals surface area contributed by atoms with Gasteiger partial charge in [0.1, 0.15) is 5.75 Å². The highest BCUT2D eigenvalue weighted by molar-refractivity contribution is 5.96. The van der Waals surface area contributed by atoms with Crippen LogP contribution in [0.3, 0.4) is 0 Å². The van der Waals surface area contributed by atoms with Crippen molar-refractivity contribution in [2.75, 3.05) is 18.5 Å². The molecule has 5 heteroatoms. The van der Waals surface area contributed by atoms with E-state index in [-0.39, 0.29) is 23.8 Å². The van der Waals surface area contributed by atoms with Crippen molar-refractivity contribution in [1.82, 2.24) is 5.32 Å². The zero-order chi connectivity index (χ0) is 16.6. The number of benzene rings is 1. The molecule has 2 amide bonds. The van der Waals surface area contributed by atoms with Crippen molar-refractivity contribution < 1.29 is 14.3 Å². The summed E-state index contributed by atoms with van der Waals surface area (Å²) < 4.78 is 5.32. The number of hydrogen-bond acceptors (Lipinski definition) is 3. The highest BCUT2D eigenvalue weighted by Crippen LogP contribution is 2.15. The van der Waals surface area contributed by atoms with Crippen molar-refractivity contribution >= 4 is 17.5 Å². The van der Waals surface area contributed by atoms with Crippen LogP contribution in [0.2, 0.25) is 0 Å². The summed E-state index contributed by atoms with van der Waals surface area (Å²) in [7, 11) is 0. The summed E-state index contributed by atoms with van der Waals surface area (Å²) in [6, 6.07) is 7.07. The molecular formula is C17H24N2O3. The summed E-state index contributed by atoms with van der Waals surface area (Å²) in [6.07, 6.45) is 3.25. The lowest BCUT2D eigenvalue weighted by molar-refractivity contribution is -0.121. The average molecular weight is 304 g/mol. The predicted molar refractivity (Wildman–Crippen MR) is 87.8 cm³/mol. The summed E-state index contributed by atoms with van der Waals surface area (Å²) in [4.78, 5) is 23.3. The van der Waals surface area contributed by atoms with Crippen molar-refractivity contribution in [1.29, 1.82) is 0 Å². The third-order valence-electron chi connectivity index (χ3n) is 2.61. The van der Waals surface area contributed by atoms with Crippen LogP contribution in [0.1, 0.15) is 27.7 Å². The second-order valence-electron chi connectivity index (χ2n) is 5.92. The van der Waals surface area contributed by atoms with Crippen LogP contribution < -0.4 is 15.4 Å². The van der Waals surface area contributed by atoms with Crippen LogP contribution in [-0.2, 0) is 9.59 Å². The van der Waals surface area contributed by atoms with Crippen LogP contribution in [0.4, 0.5) is 5.69 Å². The molecule has 0 aliphatic heterocycles. The van der Waals surface area contributed by atoms with Gasteiger partial charge in [0, 0.05) is 5.69 Å². The first-order valence-electron chi connectivity index (χ1n) is 7.30. The maximum absolute atomic E-state index is 11.7. The number of allylic oxidation sites excluding steroid dienone is 1. The van der Waals surface area contributed by atoms with E-state index in [1.54, 1.807) is 30.3 Å². The number of hydrogen-bond donors (Lipinski definition) is 2. The van der Waals surface area contributed by atoms with E-state index in [1.807, 2.05) is 27.7 Å². The fourth-order valence-electron chi connectivity index (χ4n) is 1.56. The highest BCUT2D eigenvalue weighted by atomic mass is 16.5. The van der Waals surface area contributed by atoms with Gasteiger partial charge >= 0.3 is 0 Å². The molecular weight excluding hydrogens is 280 g/mol. The van der Waals surface area contributed by atoms with Crippen molar-refractivity contribution in [2.24, 2.45) is 5.41 Å². The molecule has 2 N–H and O–H groups in total. The van der Waals surface area contributed by atoms with Gasteiger partial charge in [-0.25, -0.2) is 0 Å². The van der Waals surface area contributed by atoms with E-state index in [1.165, 1.54) is 6.08 Å². The van der Waals surface area contributed by atoms with Gasteiger partial charge in [-0.2, -0.15) is 0 Å². The zero-order valence-corrected chi connectivity index (χ0v) is 13.6.